The average Bonchev–Trinajstić information content (AvgIpc) is 2.39. The van der Waals surface area contributed by atoms with Gasteiger partial charge in [-0.25, -0.2) is 9.97 Å². The van der Waals surface area contributed by atoms with Gasteiger partial charge in [-0.3, -0.25) is 0 Å². The number of fused-ring (bicyclic) bond motifs is 1. The number of anilines is 2. The van der Waals surface area contributed by atoms with E-state index >= 15 is 0 Å². The van der Waals surface area contributed by atoms with Gasteiger partial charge in [0.2, 0.25) is 0 Å². The molecule has 0 aliphatic carbocycles. The summed E-state index contributed by atoms with van der Waals surface area (Å²) in [5.41, 5.74) is 1.93. The average molecular weight is 337 g/mol. The molecule has 0 amide bonds. The predicted molar refractivity (Wildman–Crippen MR) is 84.2 cm³/mol. The molecule has 0 aliphatic rings. The van der Waals surface area contributed by atoms with E-state index in [1.165, 1.54) is 0 Å². The Bertz CT molecular complexity index is 698. The van der Waals surface area contributed by atoms with E-state index in [0.29, 0.717) is 0 Å². The van der Waals surface area contributed by atoms with Crippen molar-refractivity contribution in [3.05, 3.63) is 59.3 Å². The summed E-state index contributed by atoms with van der Waals surface area (Å²) in [7, 11) is 0. The second-order valence-electron chi connectivity index (χ2n) is 3.87. The minimum Gasteiger partial charge on any atom is -0.340 e. The number of hydrogen-bond donors (Lipinski definition) is 1. The molecule has 3 aromatic rings. The maximum absolute atomic E-state index is 4.29. The summed E-state index contributed by atoms with van der Waals surface area (Å²) in [6.07, 6.45) is 1.57. The van der Waals surface area contributed by atoms with Crippen molar-refractivity contribution >= 4 is 50.7 Å². The van der Waals surface area contributed by atoms with Crippen LogP contribution >= 0.6 is 28.3 Å². The van der Waals surface area contributed by atoms with Gasteiger partial charge in [0.1, 0.15) is 12.1 Å². The largest absolute Gasteiger partial charge is 0.340 e. The fourth-order valence-corrected chi connectivity index (χ4v) is 2.21. The van der Waals surface area contributed by atoms with Gasteiger partial charge in [-0.05, 0) is 30.3 Å². The minimum absolute atomic E-state index is 0. The lowest BCUT2D eigenvalue weighted by Gasteiger charge is -2.08. The van der Waals surface area contributed by atoms with Gasteiger partial charge in [0.25, 0.3) is 0 Å². The fraction of sp³-hybridized carbons (Fsp3) is 0. The number of aromatic nitrogens is 2. The van der Waals surface area contributed by atoms with Crippen LogP contribution in [0.4, 0.5) is 11.5 Å². The molecule has 0 bridgehead atoms. The van der Waals surface area contributed by atoms with Gasteiger partial charge in [0.15, 0.2) is 0 Å². The van der Waals surface area contributed by atoms with Crippen LogP contribution in [0.5, 0.6) is 0 Å². The van der Waals surface area contributed by atoms with E-state index in [1.54, 1.807) is 6.33 Å². The fourth-order valence-electron chi connectivity index (χ4n) is 1.81. The van der Waals surface area contributed by atoms with Crippen molar-refractivity contribution in [2.75, 3.05) is 5.32 Å². The molecule has 0 saturated carbocycles. The summed E-state index contributed by atoms with van der Waals surface area (Å²) in [5.74, 6) is 0.818. The van der Waals surface area contributed by atoms with Crippen LogP contribution in [0.2, 0.25) is 0 Å². The van der Waals surface area contributed by atoms with Gasteiger partial charge in [0.05, 0.1) is 5.52 Å². The number of para-hydroxylation sites is 1. The third-order valence-electron chi connectivity index (χ3n) is 2.63. The number of halogens is 2. The van der Waals surface area contributed by atoms with Gasteiger partial charge in [-0.2, -0.15) is 0 Å². The first kappa shape index (κ1) is 13.8. The number of hydrogen-bond acceptors (Lipinski definition) is 3. The highest BCUT2D eigenvalue weighted by atomic mass is 79.9. The molecule has 1 heterocycles. The van der Waals surface area contributed by atoms with E-state index < -0.39 is 0 Å². The van der Waals surface area contributed by atoms with Crippen LogP contribution in [0, 0.1) is 0 Å². The SMILES string of the molecule is Brc1cccc(Nc2ncnc3ccccc23)c1.Cl. The predicted octanol–water partition coefficient (Wildman–Crippen LogP) is 4.56. The highest BCUT2D eigenvalue weighted by Gasteiger charge is 2.03. The Labute approximate surface area is 125 Å². The molecule has 1 aromatic heterocycles. The highest BCUT2D eigenvalue weighted by molar-refractivity contribution is 9.10. The summed E-state index contributed by atoms with van der Waals surface area (Å²) >= 11 is 3.45. The Morgan fingerprint density at radius 3 is 2.63 bits per heavy atom. The van der Waals surface area contributed by atoms with E-state index in [1.807, 2.05) is 48.5 Å². The van der Waals surface area contributed by atoms with Gasteiger partial charge in [-0.15, -0.1) is 12.4 Å². The van der Waals surface area contributed by atoms with Crippen molar-refractivity contribution in [2.24, 2.45) is 0 Å². The third kappa shape index (κ3) is 3.03. The zero-order chi connectivity index (χ0) is 12.4. The van der Waals surface area contributed by atoms with Crippen molar-refractivity contribution in [1.29, 1.82) is 0 Å². The summed E-state index contributed by atoms with van der Waals surface area (Å²) in [6.45, 7) is 0. The Kier molecular flexibility index (Phi) is 4.35. The van der Waals surface area contributed by atoms with Gasteiger partial charge in [-0.1, -0.05) is 34.1 Å². The van der Waals surface area contributed by atoms with Crippen LogP contribution in [0.1, 0.15) is 0 Å². The standard InChI is InChI=1S/C14H10BrN3.ClH/c15-10-4-3-5-11(8-10)18-14-12-6-1-2-7-13(12)16-9-17-14;/h1-9H,(H,16,17,18);1H. The number of nitrogens with zero attached hydrogens (tertiary/aromatic N) is 2. The maximum atomic E-state index is 4.29. The van der Waals surface area contributed by atoms with Crippen molar-refractivity contribution in [3.63, 3.8) is 0 Å². The normalized spacial score (nSPS) is 9.95. The number of benzene rings is 2. The summed E-state index contributed by atoms with van der Waals surface area (Å²) in [6, 6.07) is 15.9. The molecule has 1 N–H and O–H groups in total. The first-order valence-corrected chi connectivity index (χ1v) is 6.34. The smallest absolute Gasteiger partial charge is 0.141 e. The van der Waals surface area contributed by atoms with Crippen molar-refractivity contribution in [2.45, 2.75) is 0 Å². The topological polar surface area (TPSA) is 37.8 Å². The van der Waals surface area contributed by atoms with Crippen LogP contribution in [0.3, 0.4) is 0 Å². The Hall–Kier alpha value is -1.65. The van der Waals surface area contributed by atoms with E-state index in [2.05, 4.69) is 31.2 Å². The van der Waals surface area contributed by atoms with Crippen LogP contribution in [-0.2, 0) is 0 Å². The van der Waals surface area contributed by atoms with E-state index in [9.17, 15) is 0 Å². The van der Waals surface area contributed by atoms with Gasteiger partial charge in [0, 0.05) is 15.5 Å². The lowest BCUT2D eigenvalue weighted by Crippen LogP contribution is -1.95. The van der Waals surface area contributed by atoms with Crippen LogP contribution in [-0.4, -0.2) is 9.97 Å². The molecule has 3 rings (SSSR count). The zero-order valence-electron chi connectivity index (χ0n) is 9.88. The third-order valence-corrected chi connectivity index (χ3v) is 3.12. The molecule has 5 heteroatoms. The molecule has 3 nitrogen and oxygen atoms in total. The minimum atomic E-state index is 0. The lowest BCUT2D eigenvalue weighted by molar-refractivity contribution is 1.22. The molecule has 0 atom stereocenters. The second-order valence-corrected chi connectivity index (χ2v) is 4.79. The van der Waals surface area contributed by atoms with E-state index in [-0.39, 0.29) is 12.4 Å². The van der Waals surface area contributed by atoms with Crippen LogP contribution in [0.15, 0.2) is 59.3 Å². The van der Waals surface area contributed by atoms with Crippen molar-refractivity contribution < 1.29 is 0 Å². The monoisotopic (exact) mass is 335 g/mol. The van der Waals surface area contributed by atoms with Crippen molar-refractivity contribution in [1.82, 2.24) is 9.97 Å². The molecule has 2 aromatic carbocycles. The maximum Gasteiger partial charge on any atom is 0.141 e. The molecular formula is C14H11BrClN3. The molecule has 0 aliphatic heterocycles. The number of nitrogens with one attached hydrogen (secondary N) is 1. The van der Waals surface area contributed by atoms with E-state index in [0.717, 1.165) is 26.9 Å². The molecule has 0 radical (unpaired) electrons. The molecule has 0 fully saturated rings. The Balaban J connectivity index is 0.00000133. The molecule has 96 valence electrons. The quantitative estimate of drug-likeness (QED) is 0.745. The highest BCUT2D eigenvalue weighted by Crippen LogP contribution is 2.24. The zero-order valence-corrected chi connectivity index (χ0v) is 12.3. The van der Waals surface area contributed by atoms with Crippen LogP contribution < -0.4 is 5.32 Å². The molecule has 0 unspecified atom stereocenters. The first-order chi connectivity index (χ1) is 8.83. The lowest BCUT2D eigenvalue weighted by atomic mass is 10.2. The number of rotatable bonds is 2. The Morgan fingerprint density at radius 1 is 0.947 bits per heavy atom. The first-order valence-electron chi connectivity index (χ1n) is 5.55. The van der Waals surface area contributed by atoms with E-state index in [4.69, 9.17) is 0 Å². The Morgan fingerprint density at radius 2 is 1.79 bits per heavy atom. The molecule has 0 spiro atoms. The summed E-state index contributed by atoms with van der Waals surface area (Å²) in [5, 5.41) is 4.32. The second kappa shape index (κ2) is 5.99. The molecule has 0 saturated heterocycles. The van der Waals surface area contributed by atoms with Crippen LogP contribution in [0.25, 0.3) is 10.9 Å². The summed E-state index contributed by atoms with van der Waals surface area (Å²) in [4.78, 5) is 8.53. The van der Waals surface area contributed by atoms with Gasteiger partial charge < -0.3 is 5.32 Å². The van der Waals surface area contributed by atoms with Crippen molar-refractivity contribution in [3.8, 4) is 0 Å². The molecular weight excluding hydrogens is 326 g/mol. The molecule has 19 heavy (non-hydrogen) atoms. The summed E-state index contributed by atoms with van der Waals surface area (Å²) < 4.78 is 1.03. The van der Waals surface area contributed by atoms with Gasteiger partial charge >= 0.3 is 0 Å².